The number of hydrogen-bond donors (Lipinski definition) is 1. The third-order valence-electron chi connectivity index (χ3n) is 4.11. The van der Waals surface area contributed by atoms with Crippen LogP contribution in [0.2, 0.25) is 0 Å². The zero-order valence-corrected chi connectivity index (χ0v) is 14.6. The zero-order valence-electron chi connectivity index (χ0n) is 13.8. The number of nitrogens with zero attached hydrogens (tertiary/aromatic N) is 4. The van der Waals surface area contributed by atoms with Gasteiger partial charge < -0.3 is 10.2 Å². The van der Waals surface area contributed by atoms with Crippen molar-refractivity contribution in [3.05, 3.63) is 58.2 Å². The molecular formula is C18H17N5OS. The molecule has 1 amide bonds. The number of anilines is 1. The zero-order chi connectivity index (χ0) is 17.2. The summed E-state index contributed by atoms with van der Waals surface area (Å²) in [6.07, 6.45) is 2.53. The molecule has 1 aromatic carbocycles. The largest absolute Gasteiger partial charge is 0.353 e. The van der Waals surface area contributed by atoms with Gasteiger partial charge in [0.15, 0.2) is 5.82 Å². The molecule has 3 aromatic rings. The molecule has 0 bridgehead atoms. The molecule has 0 radical (unpaired) electrons. The van der Waals surface area contributed by atoms with Crippen molar-refractivity contribution in [2.24, 2.45) is 0 Å². The van der Waals surface area contributed by atoms with Crippen molar-refractivity contribution in [2.45, 2.75) is 13.0 Å². The van der Waals surface area contributed by atoms with Crippen LogP contribution in [0.15, 0.2) is 41.9 Å². The van der Waals surface area contributed by atoms with Gasteiger partial charge in [-0.2, -0.15) is 0 Å². The molecule has 1 N–H and O–H groups in total. The van der Waals surface area contributed by atoms with Crippen LogP contribution in [-0.2, 0) is 13.0 Å². The smallest absolute Gasteiger partial charge is 0.270 e. The lowest BCUT2D eigenvalue weighted by atomic mass is 10.1. The first-order chi connectivity index (χ1) is 12.2. The van der Waals surface area contributed by atoms with E-state index in [9.17, 15) is 4.79 Å². The Hall–Kier alpha value is -2.80. The maximum Gasteiger partial charge on any atom is 0.270 e. The Bertz CT molecular complexity index is 895. The van der Waals surface area contributed by atoms with Crippen LogP contribution in [-0.4, -0.2) is 34.5 Å². The lowest BCUT2D eigenvalue weighted by molar-refractivity contribution is 0.0940. The van der Waals surface area contributed by atoms with Crippen LogP contribution in [0.25, 0.3) is 11.4 Å². The third kappa shape index (κ3) is 3.10. The van der Waals surface area contributed by atoms with Crippen LogP contribution >= 0.6 is 11.3 Å². The molecule has 0 unspecified atom stereocenters. The van der Waals surface area contributed by atoms with Crippen LogP contribution in [0.1, 0.15) is 21.1 Å². The maximum absolute atomic E-state index is 12.3. The molecule has 0 fully saturated rings. The summed E-state index contributed by atoms with van der Waals surface area (Å²) >= 11 is 1.61. The Labute approximate surface area is 149 Å². The molecule has 126 valence electrons. The monoisotopic (exact) mass is 351 g/mol. The number of rotatable bonds is 4. The van der Waals surface area contributed by atoms with Crippen LogP contribution in [0.5, 0.6) is 0 Å². The minimum atomic E-state index is -0.135. The molecule has 3 heterocycles. The number of nitrogens with one attached hydrogen (secondary N) is 1. The van der Waals surface area contributed by atoms with E-state index in [0.717, 1.165) is 28.4 Å². The Morgan fingerprint density at radius 2 is 2.08 bits per heavy atom. The number of carbonyl (C=O) groups excluding carboxylic acids is 1. The fraction of sp³-hybridized carbons (Fsp3) is 0.222. The molecular weight excluding hydrogens is 334 g/mol. The van der Waals surface area contributed by atoms with Gasteiger partial charge in [-0.3, -0.25) is 4.79 Å². The van der Waals surface area contributed by atoms with Gasteiger partial charge in [-0.25, -0.2) is 15.0 Å². The molecule has 2 aromatic heterocycles. The fourth-order valence-electron chi connectivity index (χ4n) is 2.92. The van der Waals surface area contributed by atoms with E-state index in [-0.39, 0.29) is 5.91 Å². The van der Waals surface area contributed by atoms with Gasteiger partial charge in [0.25, 0.3) is 5.91 Å². The maximum atomic E-state index is 12.3. The van der Waals surface area contributed by atoms with E-state index >= 15 is 0 Å². The van der Waals surface area contributed by atoms with Crippen molar-refractivity contribution in [3.63, 3.8) is 0 Å². The topological polar surface area (TPSA) is 71.0 Å². The summed E-state index contributed by atoms with van der Waals surface area (Å²) in [5.74, 6) is 1.23. The Kier molecular flexibility index (Phi) is 4.15. The summed E-state index contributed by atoms with van der Waals surface area (Å²) in [5.41, 5.74) is 2.27. The highest BCUT2D eigenvalue weighted by molar-refractivity contribution is 7.09. The highest BCUT2D eigenvalue weighted by atomic mass is 32.1. The van der Waals surface area contributed by atoms with Gasteiger partial charge in [-0.1, -0.05) is 30.3 Å². The molecule has 0 spiro atoms. The standard InChI is InChI=1S/C18H17N5OS/c1-23(11-14-19-9-10-25-14)17-13-7-8-20-18(24)15(13)21-16(22-17)12-5-3-2-4-6-12/h2-6,9-10H,7-8,11H2,1H3,(H,20,24). The SMILES string of the molecule is CN(Cc1nccs1)c1nc(-c2ccccc2)nc2c1CCNC2=O. The van der Waals surface area contributed by atoms with Crippen molar-refractivity contribution < 1.29 is 4.79 Å². The predicted molar refractivity (Wildman–Crippen MR) is 97.7 cm³/mol. The number of fused-ring (bicyclic) bond motifs is 1. The van der Waals surface area contributed by atoms with Gasteiger partial charge >= 0.3 is 0 Å². The molecule has 0 saturated heterocycles. The van der Waals surface area contributed by atoms with Crippen LogP contribution in [0.3, 0.4) is 0 Å². The van der Waals surface area contributed by atoms with E-state index in [1.807, 2.05) is 47.7 Å². The summed E-state index contributed by atoms with van der Waals surface area (Å²) < 4.78 is 0. The van der Waals surface area contributed by atoms with Gasteiger partial charge in [0.1, 0.15) is 16.5 Å². The Balaban J connectivity index is 1.81. The van der Waals surface area contributed by atoms with Crippen molar-refractivity contribution in [1.29, 1.82) is 0 Å². The van der Waals surface area contributed by atoms with Crippen LogP contribution in [0.4, 0.5) is 5.82 Å². The minimum absolute atomic E-state index is 0.135. The van der Waals surface area contributed by atoms with Crippen molar-refractivity contribution >= 4 is 23.1 Å². The van der Waals surface area contributed by atoms with Gasteiger partial charge in [0.05, 0.1) is 6.54 Å². The highest BCUT2D eigenvalue weighted by Crippen LogP contribution is 2.28. The molecule has 25 heavy (non-hydrogen) atoms. The first kappa shape index (κ1) is 15.7. The van der Waals surface area contributed by atoms with E-state index in [0.29, 0.717) is 24.6 Å². The molecule has 0 saturated carbocycles. The number of amides is 1. The Morgan fingerprint density at radius 1 is 1.24 bits per heavy atom. The molecule has 0 aliphatic carbocycles. The number of carbonyl (C=O) groups is 1. The van der Waals surface area contributed by atoms with Gasteiger partial charge in [-0.05, 0) is 6.42 Å². The Morgan fingerprint density at radius 3 is 2.84 bits per heavy atom. The first-order valence-electron chi connectivity index (χ1n) is 8.06. The fourth-order valence-corrected chi connectivity index (χ4v) is 3.58. The van der Waals surface area contributed by atoms with E-state index in [1.165, 1.54) is 0 Å². The quantitative estimate of drug-likeness (QED) is 0.782. The van der Waals surface area contributed by atoms with E-state index < -0.39 is 0 Å². The summed E-state index contributed by atoms with van der Waals surface area (Å²) in [4.78, 5) is 28.0. The average molecular weight is 351 g/mol. The van der Waals surface area contributed by atoms with Crippen molar-refractivity contribution in [2.75, 3.05) is 18.5 Å². The average Bonchev–Trinajstić information content (AvgIpc) is 3.15. The number of benzene rings is 1. The van der Waals surface area contributed by atoms with Gasteiger partial charge in [0.2, 0.25) is 0 Å². The van der Waals surface area contributed by atoms with Gasteiger partial charge in [-0.15, -0.1) is 11.3 Å². The summed E-state index contributed by atoms with van der Waals surface area (Å²) in [6, 6.07) is 9.73. The molecule has 4 rings (SSSR count). The highest BCUT2D eigenvalue weighted by Gasteiger charge is 2.25. The first-order valence-corrected chi connectivity index (χ1v) is 8.94. The number of hydrogen-bond acceptors (Lipinski definition) is 6. The van der Waals surface area contributed by atoms with Crippen molar-refractivity contribution in [3.8, 4) is 11.4 Å². The number of thiazole rings is 1. The van der Waals surface area contributed by atoms with Crippen molar-refractivity contribution in [1.82, 2.24) is 20.3 Å². The number of aromatic nitrogens is 3. The van der Waals surface area contributed by atoms with Crippen LogP contribution < -0.4 is 10.2 Å². The van der Waals surface area contributed by atoms with E-state index in [2.05, 4.69) is 15.3 Å². The second-order valence-corrected chi connectivity index (χ2v) is 6.83. The molecule has 6 nitrogen and oxygen atoms in total. The lowest BCUT2D eigenvalue weighted by Crippen LogP contribution is -2.35. The normalized spacial score (nSPS) is 13.2. The van der Waals surface area contributed by atoms with E-state index in [4.69, 9.17) is 4.98 Å². The summed E-state index contributed by atoms with van der Waals surface area (Å²) in [7, 11) is 1.98. The third-order valence-corrected chi connectivity index (χ3v) is 4.87. The lowest BCUT2D eigenvalue weighted by Gasteiger charge is -2.25. The van der Waals surface area contributed by atoms with Crippen LogP contribution in [0, 0.1) is 0 Å². The summed E-state index contributed by atoms with van der Waals surface area (Å²) in [5, 5.41) is 5.84. The minimum Gasteiger partial charge on any atom is -0.353 e. The van der Waals surface area contributed by atoms with E-state index in [1.54, 1.807) is 17.5 Å². The predicted octanol–water partition coefficient (Wildman–Crippen LogP) is 2.52. The molecule has 7 heteroatoms. The second-order valence-electron chi connectivity index (χ2n) is 5.85. The summed E-state index contributed by atoms with van der Waals surface area (Å²) in [6.45, 7) is 1.26. The molecule has 0 atom stereocenters. The molecule has 1 aliphatic heterocycles. The molecule has 1 aliphatic rings. The second kappa shape index (κ2) is 6.60. The van der Waals surface area contributed by atoms with Gasteiger partial charge in [0, 0.05) is 36.3 Å².